The van der Waals surface area contributed by atoms with Crippen LogP contribution in [0.1, 0.15) is 42.4 Å². The first-order valence-corrected chi connectivity index (χ1v) is 8.23. The molecule has 1 saturated carbocycles. The van der Waals surface area contributed by atoms with Crippen LogP contribution in [0.5, 0.6) is 5.75 Å². The Morgan fingerprint density at radius 2 is 1.96 bits per heavy atom. The highest BCUT2D eigenvalue weighted by atomic mass is 16.5. The van der Waals surface area contributed by atoms with Crippen LogP contribution in [-0.4, -0.2) is 35.0 Å². The van der Waals surface area contributed by atoms with Gasteiger partial charge in [-0.2, -0.15) is 0 Å². The van der Waals surface area contributed by atoms with Crippen LogP contribution >= 0.6 is 0 Å². The van der Waals surface area contributed by atoms with Crippen LogP contribution < -0.4 is 4.74 Å². The average Bonchev–Trinajstić information content (AvgIpc) is 2.89. The maximum atomic E-state index is 12.7. The Hall–Kier alpha value is -2.30. The summed E-state index contributed by atoms with van der Waals surface area (Å²) in [4.78, 5) is 18.7. The Kier molecular flexibility index (Phi) is 4.11. The first kappa shape index (κ1) is 16.6. The molecule has 0 aliphatic heterocycles. The summed E-state index contributed by atoms with van der Waals surface area (Å²) >= 11 is 0. The summed E-state index contributed by atoms with van der Waals surface area (Å²) in [5, 5.41) is 0. The molecule has 0 saturated heterocycles. The number of carbonyl (C=O) groups excluding carboxylic acids is 1. The number of carbonyl (C=O) groups is 1. The number of aryl methyl sites for hydroxylation is 2. The van der Waals surface area contributed by atoms with Gasteiger partial charge in [-0.15, -0.1) is 0 Å². The molecular formula is C19H24N2O3. The molecule has 1 heterocycles. The Balaban J connectivity index is 1.70. The first-order valence-electron chi connectivity index (χ1n) is 8.23. The third-order valence-corrected chi connectivity index (χ3v) is 5.03. The Bertz CT molecular complexity index is 736. The molecule has 5 nitrogen and oxygen atoms in total. The van der Waals surface area contributed by atoms with Gasteiger partial charge < -0.3 is 14.1 Å². The van der Waals surface area contributed by atoms with E-state index in [1.807, 2.05) is 37.4 Å². The van der Waals surface area contributed by atoms with Gasteiger partial charge in [0, 0.05) is 31.8 Å². The molecule has 1 aromatic carbocycles. The van der Waals surface area contributed by atoms with Gasteiger partial charge in [0.25, 0.3) is 5.91 Å². The molecule has 1 aromatic heterocycles. The van der Waals surface area contributed by atoms with E-state index in [1.165, 1.54) is 0 Å². The van der Waals surface area contributed by atoms with Crippen LogP contribution in [0.3, 0.4) is 0 Å². The van der Waals surface area contributed by atoms with E-state index >= 15 is 0 Å². The maximum absolute atomic E-state index is 12.7. The number of hydrogen-bond acceptors (Lipinski definition) is 4. The van der Waals surface area contributed by atoms with Gasteiger partial charge in [0.15, 0.2) is 5.89 Å². The molecule has 0 N–H and O–H groups in total. The van der Waals surface area contributed by atoms with Crippen LogP contribution in [0, 0.1) is 19.3 Å². The van der Waals surface area contributed by atoms with E-state index in [0.717, 1.165) is 12.2 Å². The summed E-state index contributed by atoms with van der Waals surface area (Å²) in [5.41, 5.74) is 0.502. The number of para-hydroxylation sites is 1. The number of aromatic nitrogens is 1. The largest absolute Gasteiger partial charge is 0.490 e. The molecule has 0 bridgehead atoms. The van der Waals surface area contributed by atoms with Gasteiger partial charge in [0.1, 0.15) is 11.9 Å². The second-order valence-electron chi connectivity index (χ2n) is 7.06. The summed E-state index contributed by atoms with van der Waals surface area (Å²) < 4.78 is 11.6. The summed E-state index contributed by atoms with van der Waals surface area (Å²) in [6, 6.07) is 9.91. The number of rotatable bonds is 4. The molecule has 1 fully saturated rings. The predicted octanol–water partition coefficient (Wildman–Crippen LogP) is 3.61. The van der Waals surface area contributed by atoms with Gasteiger partial charge in [-0.1, -0.05) is 32.0 Å². The zero-order chi connectivity index (χ0) is 17.5. The van der Waals surface area contributed by atoms with Gasteiger partial charge in [0.05, 0.1) is 5.69 Å². The van der Waals surface area contributed by atoms with Crippen molar-refractivity contribution in [1.82, 2.24) is 9.88 Å². The lowest BCUT2D eigenvalue weighted by Crippen LogP contribution is -2.63. The molecule has 1 aliphatic carbocycles. The lowest BCUT2D eigenvalue weighted by atomic mass is 9.63. The Morgan fingerprint density at radius 1 is 1.29 bits per heavy atom. The van der Waals surface area contributed by atoms with E-state index in [9.17, 15) is 4.79 Å². The van der Waals surface area contributed by atoms with Crippen LogP contribution in [0.2, 0.25) is 0 Å². The zero-order valence-electron chi connectivity index (χ0n) is 14.9. The minimum atomic E-state index is -0.136. The summed E-state index contributed by atoms with van der Waals surface area (Å²) in [6.45, 7) is 7.82. The van der Waals surface area contributed by atoms with Gasteiger partial charge in [-0.05, 0) is 19.1 Å². The molecule has 1 aliphatic rings. The Labute approximate surface area is 142 Å². The van der Waals surface area contributed by atoms with E-state index < -0.39 is 0 Å². The van der Waals surface area contributed by atoms with Crippen molar-refractivity contribution in [3.63, 3.8) is 0 Å². The van der Waals surface area contributed by atoms with Crippen molar-refractivity contribution in [1.29, 1.82) is 0 Å². The lowest BCUT2D eigenvalue weighted by molar-refractivity contribution is -0.0891. The fraction of sp³-hybridized carbons (Fsp3) is 0.474. The van der Waals surface area contributed by atoms with Gasteiger partial charge in [-0.25, -0.2) is 4.98 Å². The molecule has 1 amide bonds. The smallest absolute Gasteiger partial charge is 0.291 e. The second kappa shape index (κ2) is 5.96. The maximum Gasteiger partial charge on any atom is 0.291 e. The van der Waals surface area contributed by atoms with Gasteiger partial charge in [-0.3, -0.25) is 4.79 Å². The van der Waals surface area contributed by atoms with E-state index in [-0.39, 0.29) is 23.5 Å². The van der Waals surface area contributed by atoms with Crippen molar-refractivity contribution in [2.75, 3.05) is 7.05 Å². The molecular weight excluding hydrogens is 304 g/mol. The number of hydrogen-bond donors (Lipinski definition) is 0. The molecule has 0 radical (unpaired) electrons. The van der Waals surface area contributed by atoms with Crippen molar-refractivity contribution in [3.05, 3.63) is 47.7 Å². The molecule has 3 rings (SSSR count). The fourth-order valence-electron chi connectivity index (χ4n) is 3.42. The fourth-order valence-corrected chi connectivity index (χ4v) is 3.42. The van der Waals surface area contributed by atoms with Crippen molar-refractivity contribution in [2.45, 2.75) is 46.3 Å². The summed E-state index contributed by atoms with van der Waals surface area (Å²) in [6.07, 6.45) is 0.883. The zero-order valence-corrected chi connectivity index (χ0v) is 14.9. The topological polar surface area (TPSA) is 55.6 Å². The van der Waals surface area contributed by atoms with E-state index in [2.05, 4.69) is 18.8 Å². The van der Waals surface area contributed by atoms with E-state index in [4.69, 9.17) is 9.15 Å². The first-order chi connectivity index (χ1) is 11.3. The van der Waals surface area contributed by atoms with Crippen molar-refractivity contribution >= 4 is 5.91 Å². The van der Waals surface area contributed by atoms with Crippen molar-refractivity contribution in [3.8, 4) is 5.75 Å². The monoisotopic (exact) mass is 328 g/mol. The quantitative estimate of drug-likeness (QED) is 0.860. The van der Waals surface area contributed by atoms with E-state index in [0.29, 0.717) is 17.3 Å². The highest BCUT2D eigenvalue weighted by Crippen LogP contribution is 2.46. The molecule has 5 heteroatoms. The highest BCUT2D eigenvalue weighted by molar-refractivity contribution is 5.92. The van der Waals surface area contributed by atoms with Crippen molar-refractivity contribution in [2.24, 2.45) is 5.41 Å². The average molecular weight is 328 g/mol. The normalized spacial score (nSPS) is 21.9. The standard InChI is InChI=1S/C19H24N2O3/c1-12-17(23-13(2)20-12)18(22)21(5)15-11-16(19(15,3)4)24-14-9-7-6-8-10-14/h6-10,15-16H,11H2,1-5H3/t15-,16+/m0/s1. The molecule has 128 valence electrons. The summed E-state index contributed by atoms with van der Waals surface area (Å²) in [5.74, 6) is 1.59. The molecule has 0 spiro atoms. The minimum absolute atomic E-state index is 0.0812. The second-order valence-corrected chi connectivity index (χ2v) is 7.06. The van der Waals surface area contributed by atoms with Crippen molar-refractivity contribution < 1.29 is 13.9 Å². The number of benzene rings is 1. The van der Waals surface area contributed by atoms with Crippen LogP contribution in [0.25, 0.3) is 0 Å². The summed E-state index contributed by atoms with van der Waals surface area (Å²) in [7, 11) is 1.82. The number of ether oxygens (including phenoxy) is 1. The number of nitrogens with zero attached hydrogens (tertiary/aromatic N) is 2. The van der Waals surface area contributed by atoms with Crippen LogP contribution in [0.15, 0.2) is 34.7 Å². The van der Waals surface area contributed by atoms with Gasteiger partial charge in [0.2, 0.25) is 5.76 Å². The third-order valence-electron chi connectivity index (χ3n) is 5.03. The molecule has 0 unspecified atom stereocenters. The Morgan fingerprint density at radius 3 is 2.50 bits per heavy atom. The van der Waals surface area contributed by atoms with Crippen LogP contribution in [0.4, 0.5) is 0 Å². The van der Waals surface area contributed by atoms with Crippen LogP contribution in [-0.2, 0) is 0 Å². The lowest BCUT2D eigenvalue weighted by Gasteiger charge is -2.54. The third kappa shape index (κ3) is 2.79. The predicted molar refractivity (Wildman–Crippen MR) is 91.1 cm³/mol. The molecule has 2 atom stereocenters. The van der Waals surface area contributed by atoms with Gasteiger partial charge >= 0.3 is 0 Å². The SMILES string of the molecule is Cc1nc(C)c(C(=O)N(C)[C@H]2C[C@@H](Oc3ccccc3)C2(C)C)o1. The highest BCUT2D eigenvalue weighted by Gasteiger charge is 2.53. The molecule has 2 aromatic rings. The number of oxazole rings is 1. The molecule has 24 heavy (non-hydrogen) atoms. The minimum Gasteiger partial charge on any atom is -0.490 e. The number of amides is 1. The van der Waals surface area contributed by atoms with E-state index in [1.54, 1.807) is 18.7 Å².